The number of aliphatic carboxylic acids is 1. The van der Waals surface area contributed by atoms with Crippen molar-refractivity contribution in [2.24, 2.45) is 0 Å². The summed E-state index contributed by atoms with van der Waals surface area (Å²) in [4.78, 5) is 25.8. The zero-order chi connectivity index (χ0) is 14.0. The van der Waals surface area contributed by atoms with Gasteiger partial charge in [0.25, 0.3) is 0 Å². The van der Waals surface area contributed by atoms with Gasteiger partial charge in [0.15, 0.2) is 0 Å². The van der Waals surface area contributed by atoms with Crippen molar-refractivity contribution in [2.75, 3.05) is 40.3 Å². The molecule has 0 aliphatic carbocycles. The number of carboxylic acids is 1. The van der Waals surface area contributed by atoms with E-state index in [1.807, 2.05) is 25.9 Å². The first-order valence-corrected chi connectivity index (χ1v) is 6.04. The van der Waals surface area contributed by atoms with Gasteiger partial charge >= 0.3 is 12.0 Å². The number of nitrogens with zero attached hydrogens (tertiary/aromatic N) is 2. The average Bonchev–Trinajstić information content (AvgIpc) is 2.29. The van der Waals surface area contributed by atoms with Crippen LogP contribution in [0.2, 0.25) is 0 Å². The summed E-state index contributed by atoms with van der Waals surface area (Å²) in [6, 6.07) is -0.159. The third kappa shape index (κ3) is 8.58. The molecule has 0 unspecified atom stereocenters. The van der Waals surface area contributed by atoms with Gasteiger partial charge in [-0.15, -0.1) is 0 Å². The third-order valence-electron chi connectivity index (χ3n) is 2.23. The number of urea groups is 1. The van der Waals surface area contributed by atoms with E-state index in [0.29, 0.717) is 13.1 Å². The zero-order valence-corrected chi connectivity index (χ0v) is 11.3. The van der Waals surface area contributed by atoms with E-state index < -0.39 is 5.97 Å². The molecule has 0 spiro atoms. The van der Waals surface area contributed by atoms with Crippen molar-refractivity contribution < 1.29 is 14.7 Å². The van der Waals surface area contributed by atoms with E-state index in [2.05, 4.69) is 5.32 Å². The average molecular weight is 257 g/mol. The molecular weight excluding hydrogens is 234 g/mol. The molecule has 6 nitrogen and oxygen atoms in total. The van der Waals surface area contributed by atoms with Crippen molar-refractivity contribution in [3.63, 3.8) is 0 Å². The molecule has 0 aliphatic heterocycles. The van der Waals surface area contributed by atoms with Crippen LogP contribution in [0.5, 0.6) is 0 Å². The van der Waals surface area contributed by atoms with Gasteiger partial charge in [-0.05, 0) is 20.5 Å². The summed E-state index contributed by atoms with van der Waals surface area (Å²) >= 11 is 0. The van der Waals surface area contributed by atoms with E-state index in [1.165, 1.54) is 6.08 Å². The smallest absolute Gasteiger partial charge is 0.328 e. The Morgan fingerprint density at radius 1 is 1.22 bits per heavy atom. The Kier molecular flexibility index (Phi) is 8.65. The summed E-state index contributed by atoms with van der Waals surface area (Å²) < 4.78 is 0. The molecule has 0 aromatic rings. The summed E-state index contributed by atoms with van der Waals surface area (Å²) in [5, 5.41) is 11.1. The predicted octanol–water partition coefficient (Wildman–Crippen LogP) is 0.610. The topological polar surface area (TPSA) is 72.9 Å². The Balaban J connectivity index is 4.08. The van der Waals surface area contributed by atoms with E-state index in [9.17, 15) is 9.59 Å². The highest BCUT2D eigenvalue weighted by atomic mass is 16.4. The van der Waals surface area contributed by atoms with Crippen molar-refractivity contribution in [1.82, 2.24) is 15.1 Å². The Bertz CT molecular complexity index is 290. The van der Waals surface area contributed by atoms with Crippen LogP contribution in [0.25, 0.3) is 0 Å². The van der Waals surface area contributed by atoms with Gasteiger partial charge in [-0.1, -0.05) is 13.0 Å². The van der Waals surface area contributed by atoms with Gasteiger partial charge < -0.3 is 20.2 Å². The summed E-state index contributed by atoms with van der Waals surface area (Å²) in [6.45, 7) is 4.41. The van der Waals surface area contributed by atoms with Gasteiger partial charge in [0.1, 0.15) is 0 Å². The normalized spacial score (nSPS) is 10.9. The number of hydrogen-bond donors (Lipinski definition) is 2. The Hall–Kier alpha value is -1.56. The van der Waals surface area contributed by atoms with E-state index in [0.717, 1.165) is 19.0 Å². The maximum absolute atomic E-state index is 11.8. The van der Waals surface area contributed by atoms with Crippen LogP contribution in [-0.2, 0) is 4.79 Å². The zero-order valence-electron chi connectivity index (χ0n) is 11.3. The van der Waals surface area contributed by atoms with Gasteiger partial charge in [0, 0.05) is 32.3 Å². The Morgan fingerprint density at radius 2 is 1.89 bits per heavy atom. The van der Waals surface area contributed by atoms with Gasteiger partial charge in [0.05, 0.1) is 0 Å². The number of carboxylic acid groups (broad SMARTS) is 1. The maximum Gasteiger partial charge on any atom is 0.328 e. The molecule has 18 heavy (non-hydrogen) atoms. The molecular formula is C12H23N3O3. The van der Waals surface area contributed by atoms with Gasteiger partial charge in [-0.3, -0.25) is 0 Å². The van der Waals surface area contributed by atoms with Crippen LogP contribution in [-0.4, -0.2) is 67.2 Å². The second kappa shape index (κ2) is 9.47. The highest BCUT2D eigenvalue weighted by Gasteiger charge is 2.11. The Labute approximate surface area is 108 Å². The van der Waals surface area contributed by atoms with Crippen LogP contribution < -0.4 is 5.32 Å². The van der Waals surface area contributed by atoms with Crippen molar-refractivity contribution in [3.05, 3.63) is 12.2 Å². The van der Waals surface area contributed by atoms with E-state index in [-0.39, 0.29) is 12.6 Å². The Morgan fingerprint density at radius 3 is 2.39 bits per heavy atom. The molecule has 0 fully saturated rings. The van der Waals surface area contributed by atoms with Crippen LogP contribution >= 0.6 is 0 Å². The molecule has 0 aliphatic rings. The number of likely N-dealkylation sites (N-methyl/N-ethyl adjacent to an activating group) is 1. The van der Waals surface area contributed by atoms with Crippen LogP contribution in [0.4, 0.5) is 4.79 Å². The van der Waals surface area contributed by atoms with E-state index in [1.54, 1.807) is 4.90 Å². The lowest BCUT2D eigenvalue weighted by Gasteiger charge is -2.23. The number of amides is 2. The summed E-state index contributed by atoms with van der Waals surface area (Å²) in [5.74, 6) is -1.01. The highest BCUT2D eigenvalue weighted by Crippen LogP contribution is 1.93. The monoisotopic (exact) mass is 257 g/mol. The largest absolute Gasteiger partial charge is 0.478 e. The standard InChI is InChI=1S/C12H23N3O3/c1-4-8-15(10-9-14(2)3)12(18)13-7-5-6-11(16)17/h5-6H,4,7-10H2,1-3H3,(H,13,18)(H,16,17)/b6-5+. The van der Waals surface area contributed by atoms with E-state index in [4.69, 9.17) is 5.11 Å². The first kappa shape index (κ1) is 16.4. The maximum atomic E-state index is 11.8. The van der Waals surface area contributed by atoms with Crippen LogP contribution in [0.3, 0.4) is 0 Å². The minimum atomic E-state index is -1.01. The summed E-state index contributed by atoms with van der Waals surface area (Å²) in [6.07, 6.45) is 3.33. The molecule has 104 valence electrons. The fourth-order valence-electron chi connectivity index (χ4n) is 1.32. The van der Waals surface area contributed by atoms with Crippen molar-refractivity contribution in [1.29, 1.82) is 0 Å². The summed E-state index contributed by atoms with van der Waals surface area (Å²) in [7, 11) is 3.91. The number of hydrogen-bond acceptors (Lipinski definition) is 3. The lowest BCUT2D eigenvalue weighted by molar-refractivity contribution is -0.131. The highest BCUT2D eigenvalue weighted by molar-refractivity contribution is 5.80. The first-order valence-electron chi connectivity index (χ1n) is 6.04. The molecule has 2 amide bonds. The second-order valence-electron chi connectivity index (χ2n) is 4.22. The fraction of sp³-hybridized carbons (Fsp3) is 0.667. The lowest BCUT2D eigenvalue weighted by atomic mass is 10.4. The van der Waals surface area contributed by atoms with Crippen LogP contribution in [0.15, 0.2) is 12.2 Å². The third-order valence-corrected chi connectivity index (χ3v) is 2.23. The minimum absolute atomic E-state index is 0.159. The number of carbonyl (C=O) groups excluding carboxylic acids is 1. The SMILES string of the molecule is CCCN(CCN(C)C)C(=O)NC/C=C/C(=O)O. The molecule has 6 heteroatoms. The molecule has 0 heterocycles. The number of carbonyl (C=O) groups is 2. The molecule has 0 rings (SSSR count). The van der Waals surface area contributed by atoms with Crippen LogP contribution in [0, 0.1) is 0 Å². The molecule has 0 saturated carbocycles. The van der Waals surface area contributed by atoms with Gasteiger partial charge in [-0.2, -0.15) is 0 Å². The van der Waals surface area contributed by atoms with Crippen molar-refractivity contribution in [2.45, 2.75) is 13.3 Å². The quantitative estimate of drug-likeness (QED) is 0.625. The molecule has 0 saturated heterocycles. The predicted molar refractivity (Wildman–Crippen MR) is 70.6 cm³/mol. The second-order valence-corrected chi connectivity index (χ2v) is 4.22. The number of rotatable bonds is 8. The van der Waals surface area contributed by atoms with Gasteiger partial charge in [-0.25, -0.2) is 9.59 Å². The molecule has 0 aromatic carbocycles. The summed E-state index contributed by atoms with van der Waals surface area (Å²) in [5.41, 5.74) is 0. The molecule has 0 atom stereocenters. The molecule has 0 aromatic heterocycles. The van der Waals surface area contributed by atoms with E-state index >= 15 is 0 Å². The van der Waals surface area contributed by atoms with Crippen molar-refractivity contribution in [3.8, 4) is 0 Å². The molecule has 0 radical (unpaired) electrons. The molecule has 0 bridgehead atoms. The van der Waals surface area contributed by atoms with Crippen LogP contribution in [0.1, 0.15) is 13.3 Å². The van der Waals surface area contributed by atoms with Crippen molar-refractivity contribution >= 4 is 12.0 Å². The molecule has 2 N–H and O–H groups in total. The minimum Gasteiger partial charge on any atom is -0.478 e. The number of nitrogens with one attached hydrogen (secondary N) is 1. The van der Waals surface area contributed by atoms with Gasteiger partial charge in [0.2, 0.25) is 0 Å². The first-order chi connectivity index (χ1) is 8.47. The fourth-order valence-corrected chi connectivity index (χ4v) is 1.32. The lowest BCUT2D eigenvalue weighted by Crippen LogP contribution is -2.43.